The zero-order chi connectivity index (χ0) is 11.5. The lowest BCUT2D eigenvalue weighted by molar-refractivity contribution is 0.488. The maximum Gasteiger partial charge on any atom is 0.123 e. The Bertz CT molecular complexity index is 358. The fraction of sp³-hybridized carbons (Fsp3) is 0.571. The van der Waals surface area contributed by atoms with Gasteiger partial charge in [0.25, 0.3) is 0 Å². The van der Waals surface area contributed by atoms with E-state index in [4.69, 9.17) is 0 Å². The third-order valence-electron chi connectivity index (χ3n) is 3.50. The number of halogens is 1. The van der Waals surface area contributed by atoms with E-state index in [9.17, 15) is 4.39 Å². The second-order valence-corrected chi connectivity index (χ2v) is 4.94. The molecule has 88 valence electrons. The SMILES string of the molecule is CNC(Cc1cc(F)ccc1C)CC1CC1. The molecule has 1 unspecified atom stereocenters. The molecule has 0 spiro atoms. The van der Waals surface area contributed by atoms with E-state index in [1.807, 2.05) is 13.1 Å². The molecule has 0 amide bonds. The molecule has 1 N–H and O–H groups in total. The Kier molecular flexibility index (Phi) is 3.59. The van der Waals surface area contributed by atoms with Crippen molar-refractivity contribution in [2.75, 3.05) is 7.05 Å². The zero-order valence-electron chi connectivity index (χ0n) is 10.1. The summed E-state index contributed by atoms with van der Waals surface area (Å²) in [6.07, 6.45) is 4.92. The molecule has 1 aromatic carbocycles. The molecule has 1 aliphatic carbocycles. The molecule has 2 rings (SSSR count). The average Bonchev–Trinajstić information content (AvgIpc) is 3.06. The summed E-state index contributed by atoms with van der Waals surface area (Å²) in [5.41, 5.74) is 2.33. The molecule has 1 aliphatic rings. The van der Waals surface area contributed by atoms with Gasteiger partial charge in [-0.25, -0.2) is 4.39 Å². The van der Waals surface area contributed by atoms with Crippen molar-refractivity contribution in [1.29, 1.82) is 0 Å². The Hall–Kier alpha value is -0.890. The van der Waals surface area contributed by atoms with Gasteiger partial charge in [0.2, 0.25) is 0 Å². The predicted octanol–water partition coefficient (Wildman–Crippen LogP) is 3.06. The van der Waals surface area contributed by atoms with Gasteiger partial charge in [0, 0.05) is 6.04 Å². The van der Waals surface area contributed by atoms with Crippen LogP contribution in [-0.2, 0) is 6.42 Å². The summed E-state index contributed by atoms with van der Waals surface area (Å²) in [6, 6.07) is 5.57. The molecule has 16 heavy (non-hydrogen) atoms. The number of hydrogen-bond donors (Lipinski definition) is 1. The van der Waals surface area contributed by atoms with Crippen LogP contribution in [0, 0.1) is 18.7 Å². The number of rotatable bonds is 5. The lowest BCUT2D eigenvalue weighted by Gasteiger charge is -2.17. The van der Waals surface area contributed by atoms with Crippen LogP contribution in [0.1, 0.15) is 30.4 Å². The first-order valence-corrected chi connectivity index (χ1v) is 6.11. The molecule has 0 aromatic heterocycles. The smallest absolute Gasteiger partial charge is 0.123 e. The van der Waals surface area contributed by atoms with Gasteiger partial charge in [-0.1, -0.05) is 18.9 Å². The highest BCUT2D eigenvalue weighted by Crippen LogP contribution is 2.34. The van der Waals surface area contributed by atoms with E-state index in [2.05, 4.69) is 12.2 Å². The number of hydrogen-bond acceptors (Lipinski definition) is 1. The van der Waals surface area contributed by atoms with Gasteiger partial charge >= 0.3 is 0 Å². The quantitative estimate of drug-likeness (QED) is 0.805. The predicted molar refractivity (Wildman–Crippen MR) is 65.0 cm³/mol. The molecular formula is C14H20FN. The topological polar surface area (TPSA) is 12.0 Å². The minimum absolute atomic E-state index is 0.123. The van der Waals surface area contributed by atoms with E-state index in [1.165, 1.54) is 30.9 Å². The highest BCUT2D eigenvalue weighted by Gasteiger charge is 2.25. The molecule has 0 saturated heterocycles. The van der Waals surface area contributed by atoms with Crippen molar-refractivity contribution in [3.05, 3.63) is 35.1 Å². The van der Waals surface area contributed by atoms with Gasteiger partial charge in [0.1, 0.15) is 5.82 Å². The Balaban J connectivity index is 2.01. The van der Waals surface area contributed by atoms with Gasteiger partial charge in [-0.15, -0.1) is 0 Å². The minimum Gasteiger partial charge on any atom is -0.317 e. The van der Waals surface area contributed by atoms with Crippen LogP contribution in [-0.4, -0.2) is 13.1 Å². The number of benzene rings is 1. The molecule has 1 saturated carbocycles. The Morgan fingerprint density at radius 2 is 2.19 bits per heavy atom. The molecule has 0 radical (unpaired) electrons. The van der Waals surface area contributed by atoms with E-state index in [0.717, 1.165) is 17.9 Å². The van der Waals surface area contributed by atoms with E-state index < -0.39 is 0 Å². The molecule has 0 aliphatic heterocycles. The fourth-order valence-corrected chi connectivity index (χ4v) is 2.18. The van der Waals surface area contributed by atoms with E-state index in [0.29, 0.717) is 6.04 Å². The summed E-state index contributed by atoms with van der Waals surface area (Å²) in [7, 11) is 2.00. The summed E-state index contributed by atoms with van der Waals surface area (Å²) in [5.74, 6) is 0.785. The number of aryl methyl sites for hydroxylation is 1. The summed E-state index contributed by atoms with van der Waals surface area (Å²) < 4.78 is 13.2. The van der Waals surface area contributed by atoms with Gasteiger partial charge in [0.15, 0.2) is 0 Å². The summed E-state index contributed by atoms with van der Waals surface area (Å²) in [5, 5.41) is 3.35. The first-order valence-electron chi connectivity index (χ1n) is 6.11. The average molecular weight is 221 g/mol. The first-order chi connectivity index (χ1) is 7.69. The molecule has 1 nitrogen and oxygen atoms in total. The molecule has 1 aromatic rings. The van der Waals surface area contributed by atoms with E-state index in [1.54, 1.807) is 6.07 Å². The Morgan fingerprint density at radius 3 is 2.81 bits per heavy atom. The van der Waals surface area contributed by atoms with E-state index in [-0.39, 0.29) is 5.82 Å². The normalized spacial score (nSPS) is 17.4. The third kappa shape index (κ3) is 3.05. The highest BCUT2D eigenvalue weighted by molar-refractivity contribution is 5.27. The van der Waals surface area contributed by atoms with Crippen molar-refractivity contribution in [3.8, 4) is 0 Å². The first kappa shape index (κ1) is 11.6. The van der Waals surface area contributed by atoms with Gasteiger partial charge in [-0.2, -0.15) is 0 Å². The maximum atomic E-state index is 13.2. The minimum atomic E-state index is -0.123. The van der Waals surface area contributed by atoms with Crippen LogP contribution in [0.25, 0.3) is 0 Å². The Morgan fingerprint density at radius 1 is 1.44 bits per heavy atom. The molecule has 0 bridgehead atoms. The lowest BCUT2D eigenvalue weighted by Crippen LogP contribution is -2.28. The number of nitrogens with one attached hydrogen (secondary N) is 1. The van der Waals surface area contributed by atoms with Gasteiger partial charge in [-0.3, -0.25) is 0 Å². The van der Waals surface area contributed by atoms with Crippen LogP contribution in [0.5, 0.6) is 0 Å². The van der Waals surface area contributed by atoms with E-state index >= 15 is 0 Å². The molecule has 2 heteroatoms. The van der Waals surface area contributed by atoms with Crippen LogP contribution in [0.4, 0.5) is 4.39 Å². The number of likely N-dealkylation sites (N-methyl/N-ethyl adjacent to an activating group) is 1. The molecule has 1 fully saturated rings. The third-order valence-corrected chi connectivity index (χ3v) is 3.50. The van der Waals surface area contributed by atoms with Crippen LogP contribution in [0.2, 0.25) is 0 Å². The van der Waals surface area contributed by atoms with Crippen molar-refractivity contribution in [2.24, 2.45) is 5.92 Å². The van der Waals surface area contributed by atoms with Crippen molar-refractivity contribution in [3.63, 3.8) is 0 Å². The van der Waals surface area contributed by atoms with Crippen LogP contribution >= 0.6 is 0 Å². The molecular weight excluding hydrogens is 201 g/mol. The summed E-state index contributed by atoms with van der Waals surface area (Å²) in [6.45, 7) is 2.05. The monoisotopic (exact) mass is 221 g/mol. The maximum absolute atomic E-state index is 13.2. The molecule has 1 atom stereocenters. The van der Waals surface area contributed by atoms with Crippen LogP contribution in [0.15, 0.2) is 18.2 Å². The largest absolute Gasteiger partial charge is 0.317 e. The summed E-state index contributed by atoms with van der Waals surface area (Å²) in [4.78, 5) is 0. The fourth-order valence-electron chi connectivity index (χ4n) is 2.18. The van der Waals surface area contributed by atoms with Crippen molar-refractivity contribution >= 4 is 0 Å². The standard InChI is InChI=1S/C14H20FN/c1-10-3-6-13(15)8-12(10)9-14(16-2)7-11-4-5-11/h3,6,8,11,14,16H,4-5,7,9H2,1-2H3. The zero-order valence-corrected chi connectivity index (χ0v) is 10.1. The second-order valence-electron chi connectivity index (χ2n) is 4.94. The Labute approximate surface area is 97.1 Å². The molecule has 0 heterocycles. The van der Waals surface area contributed by atoms with Crippen LogP contribution < -0.4 is 5.32 Å². The lowest BCUT2D eigenvalue weighted by atomic mass is 9.98. The van der Waals surface area contributed by atoms with Gasteiger partial charge < -0.3 is 5.32 Å². The van der Waals surface area contributed by atoms with Crippen molar-refractivity contribution in [1.82, 2.24) is 5.32 Å². The van der Waals surface area contributed by atoms with Crippen LogP contribution in [0.3, 0.4) is 0 Å². The van der Waals surface area contributed by atoms with Gasteiger partial charge in [-0.05, 0) is 56.0 Å². The second kappa shape index (κ2) is 4.96. The van der Waals surface area contributed by atoms with Gasteiger partial charge in [0.05, 0.1) is 0 Å². The van der Waals surface area contributed by atoms with Crippen molar-refractivity contribution in [2.45, 2.75) is 38.6 Å². The highest BCUT2D eigenvalue weighted by atomic mass is 19.1. The summed E-state index contributed by atoms with van der Waals surface area (Å²) >= 11 is 0. The van der Waals surface area contributed by atoms with Crippen molar-refractivity contribution < 1.29 is 4.39 Å².